The van der Waals surface area contributed by atoms with Gasteiger partial charge in [0.15, 0.2) is 5.78 Å². The molecular formula is C27H25N3O3. The molecule has 2 heterocycles. The molecule has 4 rings (SSSR count). The third kappa shape index (κ3) is 4.75. The highest BCUT2D eigenvalue weighted by Crippen LogP contribution is 2.16. The number of aromatic nitrogens is 2. The van der Waals surface area contributed by atoms with Gasteiger partial charge in [-0.1, -0.05) is 48.9 Å². The lowest BCUT2D eigenvalue weighted by atomic mass is 10.0. The van der Waals surface area contributed by atoms with E-state index in [0.29, 0.717) is 28.0 Å². The summed E-state index contributed by atoms with van der Waals surface area (Å²) in [6.07, 6.45) is 2.31. The van der Waals surface area contributed by atoms with Gasteiger partial charge in [-0.2, -0.15) is 0 Å². The first kappa shape index (κ1) is 22.1. The molecule has 0 aliphatic carbocycles. The summed E-state index contributed by atoms with van der Waals surface area (Å²) < 4.78 is 1.57. The highest BCUT2D eigenvalue weighted by molar-refractivity contribution is 6.10. The summed E-state index contributed by atoms with van der Waals surface area (Å²) in [4.78, 5) is 43.6. The second kappa shape index (κ2) is 9.20. The number of fused-ring (bicyclic) bond motifs is 1. The first-order valence-corrected chi connectivity index (χ1v) is 10.9. The number of aryl methyl sites for hydroxylation is 3. The zero-order valence-electron chi connectivity index (χ0n) is 18.9. The predicted octanol–water partition coefficient (Wildman–Crippen LogP) is 4.45. The summed E-state index contributed by atoms with van der Waals surface area (Å²) in [7, 11) is 0. The molecule has 2 aromatic heterocycles. The number of nitrogens with zero attached hydrogens (tertiary/aromatic N) is 2. The van der Waals surface area contributed by atoms with Gasteiger partial charge in [0.2, 0.25) is 11.3 Å². The van der Waals surface area contributed by atoms with E-state index >= 15 is 0 Å². The van der Waals surface area contributed by atoms with Crippen molar-refractivity contribution in [2.75, 3.05) is 5.32 Å². The number of hydrogen-bond acceptors (Lipinski definition) is 4. The van der Waals surface area contributed by atoms with Crippen LogP contribution in [0.2, 0.25) is 0 Å². The molecule has 2 aromatic carbocycles. The average Bonchev–Trinajstić information content (AvgIpc) is 2.82. The number of nitrogens with one attached hydrogen (secondary N) is 1. The number of carbonyl (C=O) groups is 2. The van der Waals surface area contributed by atoms with Crippen molar-refractivity contribution in [1.82, 2.24) is 9.55 Å². The lowest BCUT2D eigenvalue weighted by Gasteiger charge is -2.13. The molecule has 1 amide bonds. The van der Waals surface area contributed by atoms with E-state index < -0.39 is 5.43 Å². The summed E-state index contributed by atoms with van der Waals surface area (Å²) in [6, 6.07) is 18.1. The summed E-state index contributed by atoms with van der Waals surface area (Å²) in [5.41, 5.74) is 4.01. The standard InChI is InChI=1S/C27H25N3O3/c1-4-19-8-10-20(11-9-19)25(32)23-15-30(27-22(26(23)33)14-7-18(3)28-27)16-24(31)29-21-12-5-17(2)6-13-21/h5-15H,4,16H2,1-3H3,(H,29,31). The second-order valence-corrected chi connectivity index (χ2v) is 8.12. The molecule has 6 heteroatoms. The Labute approximate surface area is 191 Å². The number of amides is 1. The number of hydrogen-bond donors (Lipinski definition) is 1. The maximum Gasteiger partial charge on any atom is 0.244 e. The molecule has 6 nitrogen and oxygen atoms in total. The van der Waals surface area contributed by atoms with E-state index in [9.17, 15) is 14.4 Å². The van der Waals surface area contributed by atoms with Gasteiger partial charge in [-0.25, -0.2) is 4.98 Å². The van der Waals surface area contributed by atoms with Gasteiger partial charge < -0.3 is 9.88 Å². The normalized spacial score (nSPS) is 10.9. The number of pyridine rings is 2. The van der Waals surface area contributed by atoms with Crippen molar-refractivity contribution in [3.8, 4) is 0 Å². The largest absolute Gasteiger partial charge is 0.325 e. The fourth-order valence-electron chi connectivity index (χ4n) is 3.68. The minimum atomic E-state index is -0.391. The van der Waals surface area contributed by atoms with Crippen molar-refractivity contribution in [3.05, 3.63) is 105 Å². The van der Waals surface area contributed by atoms with Gasteiger partial charge in [0, 0.05) is 23.1 Å². The molecule has 0 unspecified atom stereocenters. The topological polar surface area (TPSA) is 81.1 Å². The molecule has 1 N–H and O–H groups in total. The number of carbonyl (C=O) groups excluding carboxylic acids is 2. The quantitative estimate of drug-likeness (QED) is 0.450. The molecule has 0 bridgehead atoms. The highest BCUT2D eigenvalue weighted by atomic mass is 16.2. The number of benzene rings is 2. The van der Waals surface area contributed by atoms with Crippen LogP contribution in [0.3, 0.4) is 0 Å². The molecule has 0 fully saturated rings. The van der Waals surface area contributed by atoms with Gasteiger partial charge in [-0.05, 0) is 50.1 Å². The molecule has 166 valence electrons. The van der Waals surface area contributed by atoms with Gasteiger partial charge in [-0.3, -0.25) is 14.4 Å². The summed E-state index contributed by atoms with van der Waals surface area (Å²) >= 11 is 0. The van der Waals surface area contributed by atoms with Crippen molar-refractivity contribution in [1.29, 1.82) is 0 Å². The van der Waals surface area contributed by atoms with Crippen molar-refractivity contribution < 1.29 is 9.59 Å². The van der Waals surface area contributed by atoms with E-state index in [0.717, 1.165) is 17.5 Å². The van der Waals surface area contributed by atoms with Crippen LogP contribution in [0.1, 0.15) is 39.7 Å². The first-order valence-electron chi connectivity index (χ1n) is 10.9. The summed E-state index contributed by atoms with van der Waals surface area (Å²) in [5, 5.41) is 3.16. The Bertz CT molecular complexity index is 1400. The van der Waals surface area contributed by atoms with E-state index in [2.05, 4.69) is 10.3 Å². The molecule has 0 aliphatic heterocycles. The van der Waals surface area contributed by atoms with Crippen molar-refractivity contribution in [2.45, 2.75) is 33.7 Å². The Morgan fingerprint density at radius 3 is 2.30 bits per heavy atom. The molecule has 0 radical (unpaired) electrons. The summed E-state index contributed by atoms with van der Waals surface area (Å²) in [5.74, 6) is -0.657. The van der Waals surface area contributed by atoms with Crippen LogP contribution >= 0.6 is 0 Å². The molecule has 0 saturated heterocycles. The summed E-state index contributed by atoms with van der Waals surface area (Å²) in [6.45, 7) is 5.74. The Hall–Kier alpha value is -4.06. The average molecular weight is 440 g/mol. The van der Waals surface area contributed by atoms with Crippen molar-refractivity contribution in [2.24, 2.45) is 0 Å². The van der Waals surface area contributed by atoms with Gasteiger partial charge in [0.05, 0.1) is 10.9 Å². The Kier molecular flexibility index (Phi) is 6.18. The van der Waals surface area contributed by atoms with Crippen LogP contribution in [-0.2, 0) is 17.8 Å². The molecule has 4 aromatic rings. The van der Waals surface area contributed by atoms with E-state index in [-0.39, 0.29) is 23.8 Å². The third-order valence-electron chi connectivity index (χ3n) is 5.58. The maximum absolute atomic E-state index is 13.2. The molecule has 0 saturated carbocycles. The van der Waals surface area contributed by atoms with Crippen LogP contribution in [-0.4, -0.2) is 21.2 Å². The van der Waals surface area contributed by atoms with Crippen LogP contribution in [0.5, 0.6) is 0 Å². The van der Waals surface area contributed by atoms with Crippen LogP contribution in [0.4, 0.5) is 5.69 Å². The lowest BCUT2D eigenvalue weighted by Crippen LogP contribution is -2.25. The minimum absolute atomic E-state index is 0.0144. The smallest absolute Gasteiger partial charge is 0.244 e. The van der Waals surface area contributed by atoms with Gasteiger partial charge in [0.1, 0.15) is 12.2 Å². The third-order valence-corrected chi connectivity index (χ3v) is 5.58. The predicted molar refractivity (Wildman–Crippen MR) is 130 cm³/mol. The zero-order chi connectivity index (χ0) is 23.5. The van der Waals surface area contributed by atoms with Crippen LogP contribution in [0, 0.1) is 13.8 Å². The molecule has 0 atom stereocenters. The second-order valence-electron chi connectivity index (χ2n) is 8.12. The van der Waals surface area contributed by atoms with E-state index in [4.69, 9.17) is 0 Å². The fraction of sp³-hybridized carbons (Fsp3) is 0.185. The Morgan fingerprint density at radius 1 is 0.939 bits per heavy atom. The van der Waals surface area contributed by atoms with E-state index in [1.54, 1.807) is 28.8 Å². The molecule has 33 heavy (non-hydrogen) atoms. The highest BCUT2D eigenvalue weighted by Gasteiger charge is 2.19. The van der Waals surface area contributed by atoms with Gasteiger partial charge in [0.25, 0.3) is 0 Å². The van der Waals surface area contributed by atoms with E-state index in [1.807, 2.05) is 57.2 Å². The number of rotatable bonds is 6. The van der Waals surface area contributed by atoms with E-state index in [1.165, 1.54) is 6.20 Å². The SMILES string of the molecule is CCc1ccc(C(=O)c2cn(CC(=O)Nc3ccc(C)cc3)c3nc(C)ccc3c2=O)cc1. The van der Waals surface area contributed by atoms with Gasteiger partial charge in [-0.15, -0.1) is 0 Å². The maximum atomic E-state index is 13.2. The van der Waals surface area contributed by atoms with Gasteiger partial charge >= 0.3 is 0 Å². The number of ketones is 1. The lowest BCUT2D eigenvalue weighted by molar-refractivity contribution is -0.116. The first-order chi connectivity index (χ1) is 15.9. The molecule has 0 spiro atoms. The minimum Gasteiger partial charge on any atom is -0.325 e. The van der Waals surface area contributed by atoms with Crippen LogP contribution < -0.4 is 10.7 Å². The zero-order valence-corrected chi connectivity index (χ0v) is 18.9. The van der Waals surface area contributed by atoms with Crippen molar-refractivity contribution in [3.63, 3.8) is 0 Å². The Morgan fingerprint density at radius 2 is 1.64 bits per heavy atom. The number of anilines is 1. The molecular weight excluding hydrogens is 414 g/mol. The fourth-order valence-corrected chi connectivity index (χ4v) is 3.68. The van der Waals surface area contributed by atoms with Crippen LogP contribution in [0.25, 0.3) is 11.0 Å². The van der Waals surface area contributed by atoms with Crippen molar-refractivity contribution >= 4 is 28.4 Å². The van der Waals surface area contributed by atoms with Crippen LogP contribution in [0.15, 0.2) is 71.7 Å². The molecule has 0 aliphatic rings. The Balaban J connectivity index is 1.74. The monoisotopic (exact) mass is 439 g/mol.